The highest BCUT2D eigenvalue weighted by Gasteiger charge is 2.24. The number of pyridine rings is 1. The summed E-state index contributed by atoms with van der Waals surface area (Å²) in [4.78, 5) is 4.10. The number of aromatic nitrogens is 1. The molecule has 1 aromatic rings. The lowest BCUT2D eigenvalue weighted by molar-refractivity contribution is 0.969. The van der Waals surface area contributed by atoms with Gasteiger partial charge >= 0.3 is 0 Å². The Bertz CT molecular complexity index is 295. The van der Waals surface area contributed by atoms with Gasteiger partial charge in [-0.1, -0.05) is 11.6 Å². The third-order valence-electron chi connectivity index (χ3n) is 2.13. The molecular weight excluding hydrogens is 172 g/mol. The van der Waals surface area contributed by atoms with Gasteiger partial charge < -0.3 is 5.73 Å². The van der Waals surface area contributed by atoms with Crippen LogP contribution in [0.15, 0.2) is 12.1 Å². The number of nitrogens with two attached hydrogens (primary N) is 1. The summed E-state index contributed by atoms with van der Waals surface area (Å²) < 4.78 is 0. The molecule has 0 saturated heterocycles. The van der Waals surface area contributed by atoms with Gasteiger partial charge in [-0.05, 0) is 36.5 Å². The predicted molar refractivity (Wildman–Crippen MR) is 49.1 cm³/mol. The zero-order chi connectivity index (χ0) is 8.55. The largest absolute Gasteiger partial charge is 0.325 e. The van der Waals surface area contributed by atoms with E-state index in [0.717, 1.165) is 11.6 Å². The maximum absolute atomic E-state index is 5.83. The minimum atomic E-state index is 0.472. The summed E-state index contributed by atoms with van der Waals surface area (Å²) >= 11 is 5.83. The number of nitrogens with zero attached hydrogens (tertiary/aromatic N) is 1. The molecule has 1 saturated carbocycles. The fourth-order valence-electron chi connectivity index (χ4n) is 1.33. The van der Waals surface area contributed by atoms with Gasteiger partial charge in [0.05, 0.1) is 5.69 Å². The Morgan fingerprint density at radius 2 is 2.25 bits per heavy atom. The van der Waals surface area contributed by atoms with Crippen molar-refractivity contribution in [3.05, 3.63) is 28.5 Å². The Morgan fingerprint density at radius 1 is 1.50 bits per heavy atom. The Balaban J connectivity index is 2.34. The Kier molecular flexibility index (Phi) is 2.03. The summed E-state index contributed by atoms with van der Waals surface area (Å²) in [7, 11) is 0. The topological polar surface area (TPSA) is 38.9 Å². The first-order valence-corrected chi connectivity index (χ1v) is 4.54. The molecule has 0 aromatic carbocycles. The molecule has 1 aliphatic carbocycles. The van der Waals surface area contributed by atoms with Crippen molar-refractivity contribution >= 4 is 11.6 Å². The highest BCUT2D eigenvalue weighted by Crippen LogP contribution is 2.40. The molecule has 0 unspecified atom stereocenters. The number of halogens is 1. The molecule has 0 amide bonds. The molecule has 0 bridgehead atoms. The average Bonchev–Trinajstić information content (AvgIpc) is 2.85. The van der Waals surface area contributed by atoms with E-state index in [1.807, 2.05) is 6.07 Å². The molecule has 0 spiro atoms. The van der Waals surface area contributed by atoms with Gasteiger partial charge in [0.1, 0.15) is 5.15 Å². The van der Waals surface area contributed by atoms with Crippen LogP contribution in [0.5, 0.6) is 0 Å². The van der Waals surface area contributed by atoms with Gasteiger partial charge in [-0.3, -0.25) is 0 Å². The molecule has 1 aromatic heterocycles. The fraction of sp³-hybridized carbons (Fsp3) is 0.444. The molecule has 3 heteroatoms. The molecule has 64 valence electrons. The van der Waals surface area contributed by atoms with E-state index in [4.69, 9.17) is 17.3 Å². The van der Waals surface area contributed by atoms with Crippen LogP contribution in [0.3, 0.4) is 0 Å². The third-order valence-corrected chi connectivity index (χ3v) is 2.32. The second-order valence-electron chi connectivity index (χ2n) is 3.19. The summed E-state index contributed by atoms with van der Waals surface area (Å²) in [5.74, 6) is 0.718. The first-order valence-electron chi connectivity index (χ1n) is 4.16. The number of hydrogen-bond acceptors (Lipinski definition) is 2. The van der Waals surface area contributed by atoms with Crippen molar-refractivity contribution in [3.63, 3.8) is 0 Å². The standard InChI is InChI=1S/C9H11ClN2/c10-9-4-7(6-1-2-6)3-8(5-11)12-9/h3-4,6H,1-2,5,11H2. The summed E-state index contributed by atoms with van der Waals surface area (Å²) in [5, 5.41) is 0.569. The lowest BCUT2D eigenvalue weighted by Crippen LogP contribution is -2.00. The van der Waals surface area contributed by atoms with Crippen molar-refractivity contribution in [2.45, 2.75) is 25.3 Å². The van der Waals surface area contributed by atoms with Crippen LogP contribution in [0, 0.1) is 0 Å². The lowest BCUT2D eigenvalue weighted by atomic mass is 10.1. The second-order valence-corrected chi connectivity index (χ2v) is 3.58. The molecule has 1 aliphatic rings. The molecule has 12 heavy (non-hydrogen) atoms. The van der Waals surface area contributed by atoms with Crippen LogP contribution >= 0.6 is 11.6 Å². The minimum Gasteiger partial charge on any atom is -0.325 e. The van der Waals surface area contributed by atoms with E-state index in [1.165, 1.54) is 18.4 Å². The minimum absolute atomic E-state index is 0.472. The van der Waals surface area contributed by atoms with Gasteiger partial charge in [0.15, 0.2) is 0 Å². The van der Waals surface area contributed by atoms with Crippen molar-refractivity contribution in [1.82, 2.24) is 4.98 Å². The molecule has 1 heterocycles. The molecule has 0 radical (unpaired) electrons. The summed E-state index contributed by atoms with van der Waals surface area (Å²) in [6.07, 6.45) is 2.56. The average molecular weight is 183 g/mol. The molecule has 0 atom stereocenters. The van der Waals surface area contributed by atoms with E-state index < -0.39 is 0 Å². The highest BCUT2D eigenvalue weighted by atomic mass is 35.5. The van der Waals surface area contributed by atoms with E-state index in [2.05, 4.69) is 11.1 Å². The molecule has 2 N–H and O–H groups in total. The Labute approximate surface area is 76.7 Å². The fourth-order valence-corrected chi connectivity index (χ4v) is 1.56. The van der Waals surface area contributed by atoms with E-state index in [0.29, 0.717) is 11.7 Å². The van der Waals surface area contributed by atoms with Crippen molar-refractivity contribution in [2.75, 3.05) is 0 Å². The van der Waals surface area contributed by atoms with Crippen LogP contribution in [0.1, 0.15) is 30.0 Å². The SMILES string of the molecule is NCc1cc(C2CC2)cc(Cl)n1. The summed E-state index contributed by atoms with van der Waals surface area (Å²) in [6.45, 7) is 0.472. The van der Waals surface area contributed by atoms with Crippen LogP contribution in [0.2, 0.25) is 5.15 Å². The van der Waals surface area contributed by atoms with Crippen LogP contribution in [0.25, 0.3) is 0 Å². The molecule has 0 aliphatic heterocycles. The van der Waals surface area contributed by atoms with Crippen LogP contribution in [0.4, 0.5) is 0 Å². The zero-order valence-electron chi connectivity index (χ0n) is 6.76. The molecule has 1 fully saturated rings. The first-order chi connectivity index (χ1) is 5.79. The predicted octanol–water partition coefficient (Wildman–Crippen LogP) is 2.07. The monoisotopic (exact) mass is 182 g/mol. The van der Waals surface area contributed by atoms with Crippen molar-refractivity contribution in [1.29, 1.82) is 0 Å². The van der Waals surface area contributed by atoms with Crippen LogP contribution in [-0.2, 0) is 6.54 Å². The number of rotatable bonds is 2. The third kappa shape index (κ3) is 1.59. The Morgan fingerprint density at radius 3 is 2.83 bits per heavy atom. The van der Waals surface area contributed by atoms with Gasteiger partial charge in [0.25, 0.3) is 0 Å². The van der Waals surface area contributed by atoms with Gasteiger partial charge in [-0.15, -0.1) is 0 Å². The maximum atomic E-state index is 5.83. The van der Waals surface area contributed by atoms with E-state index in [1.54, 1.807) is 0 Å². The van der Waals surface area contributed by atoms with Crippen LogP contribution < -0.4 is 5.73 Å². The van der Waals surface area contributed by atoms with Crippen molar-refractivity contribution in [3.8, 4) is 0 Å². The van der Waals surface area contributed by atoms with E-state index >= 15 is 0 Å². The highest BCUT2D eigenvalue weighted by molar-refractivity contribution is 6.29. The lowest BCUT2D eigenvalue weighted by Gasteiger charge is -2.01. The van der Waals surface area contributed by atoms with E-state index in [-0.39, 0.29) is 0 Å². The normalized spacial score (nSPS) is 16.5. The summed E-state index contributed by atoms with van der Waals surface area (Å²) in [6, 6.07) is 4.00. The van der Waals surface area contributed by atoms with Crippen molar-refractivity contribution < 1.29 is 0 Å². The van der Waals surface area contributed by atoms with Crippen LogP contribution in [-0.4, -0.2) is 4.98 Å². The van der Waals surface area contributed by atoms with Gasteiger partial charge in [-0.2, -0.15) is 0 Å². The summed E-state index contributed by atoms with van der Waals surface area (Å²) in [5.41, 5.74) is 7.68. The van der Waals surface area contributed by atoms with Gasteiger partial charge in [-0.25, -0.2) is 4.98 Å². The molecular formula is C9H11ClN2. The first kappa shape index (κ1) is 8.02. The van der Waals surface area contributed by atoms with E-state index in [9.17, 15) is 0 Å². The Hall–Kier alpha value is -0.600. The molecule has 2 nitrogen and oxygen atoms in total. The van der Waals surface area contributed by atoms with Gasteiger partial charge in [0, 0.05) is 6.54 Å². The maximum Gasteiger partial charge on any atom is 0.129 e. The molecule has 2 rings (SSSR count). The second kappa shape index (κ2) is 3.04. The van der Waals surface area contributed by atoms with Gasteiger partial charge in [0.2, 0.25) is 0 Å². The zero-order valence-corrected chi connectivity index (χ0v) is 7.51. The number of hydrogen-bond donors (Lipinski definition) is 1. The quantitative estimate of drug-likeness (QED) is 0.712. The smallest absolute Gasteiger partial charge is 0.129 e. The van der Waals surface area contributed by atoms with Crippen molar-refractivity contribution in [2.24, 2.45) is 5.73 Å².